The summed E-state index contributed by atoms with van der Waals surface area (Å²) < 4.78 is 44.9. The monoisotopic (exact) mass is 308 g/mol. The third kappa shape index (κ3) is 4.89. The summed E-state index contributed by atoms with van der Waals surface area (Å²) >= 11 is 0. The van der Waals surface area contributed by atoms with E-state index in [0.717, 1.165) is 6.07 Å². The lowest BCUT2D eigenvalue weighted by Crippen LogP contribution is -2.19. The van der Waals surface area contributed by atoms with E-state index in [0.29, 0.717) is 0 Å². The van der Waals surface area contributed by atoms with E-state index in [4.69, 9.17) is 0 Å². The number of esters is 1. The first-order chi connectivity index (χ1) is 9.64. The zero-order chi connectivity index (χ0) is 16.2. The summed E-state index contributed by atoms with van der Waals surface area (Å²) in [5.74, 6) is -2.80. The molecule has 0 aliphatic carbocycles. The topological polar surface area (TPSA) is 91.6 Å². The molecule has 1 aromatic rings. The molecule has 10 heteroatoms. The number of hydrogen-bond acceptors (Lipinski definition) is 6. The second-order valence-electron chi connectivity index (χ2n) is 3.87. The van der Waals surface area contributed by atoms with Crippen molar-refractivity contribution in [2.24, 2.45) is 0 Å². The minimum Gasteiger partial charge on any atom is -0.466 e. The lowest BCUT2D eigenvalue weighted by Gasteiger charge is -2.11. The van der Waals surface area contributed by atoms with Crippen LogP contribution in [0.5, 0.6) is 5.75 Å². The van der Waals surface area contributed by atoms with Gasteiger partial charge < -0.3 is 19.6 Å². The normalized spacial score (nSPS) is 11.1. The van der Waals surface area contributed by atoms with Crippen molar-refractivity contribution in [3.05, 3.63) is 27.4 Å². The maximum absolute atomic E-state index is 12.2. The molecule has 1 rings (SSSR count). The lowest BCUT2D eigenvalue weighted by molar-refractivity contribution is -0.393. The molecule has 0 saturated carbocycles. The molecular formula is C11H11F3N2O5. The molecule has 0 saturated heterocycles. The predicted molar refractivity (Wildman–Crippen MR) is 62.6 cm³/mol. The van der Waals surface area contributed by atoms with E-state index in [-0.39, 0.29) is 24.3 Å². The SMILES string of the molecule is CCOC(=O)Cc1cc(C)c(OC(F)(F)F)c([N+](=O)[O-])n1. The van der Waals surface area contributed by atoms with Crippen molar-refractivity contribution in [3.8, 4) is 5.75 Å². The molecule has 0 unspecified atom stereocenters. The Bertz CT molecular complexity index is 560. The van der Waals surface area contributed by atoms with E-state index in [1.54, 1.807) is 6.92 Å². The highest BCUT2D eigenvalue weighted by Gasteiger charge is 2.36. The average Bonchev–Trinajstić information content (AvgIpc) is 2.30. The van der Waals surface area contributed by atoms with Crippen molar-refractivity contribution in [3.63, 3.8) is 0 Å². The number of nitro groups is 1. The number of aryl methyl sites for hydroxylation is 1. The molecule has 0 radical (unpaired) electrons. The number of ether oxygens (including phenoxy) is 2. The van der Waals surface area contributed by atoms with Gasteiger partial charge in [-0.2, -0.15) is 0 Å². The van der Waals surface area contributed by atoms with Crippen molar-refractivity contribution in [2.75, 3.05) is 6.61 Å². The Morgan fingerprint density at radius 3 is 2.57 bits per heavy atom. The first-order valence-electron chi connectivity index (χ1n) is 5.70. The number of aromatic nitrogens is 1. The number of rotatable bonds is 5. The van der Waals surface area contributed by atoms with Crippen LogP contribution in [-0.4, -0.2) is 28.8 Å². The van der Waals surface area contributed by atoms with Gasteiger partial charge >= 0.3 is 18.1 Å². The van der Waals surface area contributed by atoms with Crippen molar-refractivity contribution in [1.82, 2.24) is 4.98 Å². The first kappa shape index (κ1) is 16.7. The van der Waals surface area contributed by atoms with E-state index in [2.05, 4.69) is 14.5 Å². The number of nitrogens with zero attached hydrogens (tertiary/aromatic N) is 2. The fourth-order valence-corrected chi connectivity index (χ4v) is 1.53. The van der Waals surface area contributed by atoms with Crippen LogP contribution in [0, 0.1) is 17.0 Å². The minimum absolute atomic E-state index is 0.0767. The second-order valence-corrected chi connectivity index (χ2v) is 3.87. The van der Waals surface area contributed by atoms with E-state index in [1.807, 2.05) is 0 Å². The Morgan fingerprint density at radius 2 is 2.10 bits per heavy atom. The summed E-state index contributed by atoms with van der Waals surface area (Å²) in [7, 11) is 0. The quantitative estimate of drug-likeness (QED) is 0.471. The highest BCUT2D eigenvalue weighted by atomic mass is 19.4. The Kier molecular flexibility index (Phi) is 5.06. The van der Waals surface area contributed by atoms with Gasteiger partial charge in [0.2, 0.25) is 5.75 Å². The van der Waals surface area contributed by atoms with E-state index in [1.165, 1.54) is 6.92 Å². The van der Waals surface area contributed by atoms with E-state index >= 15 is 0 Å². The van der Waals surface area contributed by atoms with E-state index in [9.17, 15) is 28.1 Å². The fraction of sp³-hybridized carbons (Fsp3) is 0.455. The maximum atomic E-state index is 12.2. The van der Waals surface area contributed by atoms with Crippen LogP contribution in [0.15, 0.2) is 6.07 Å². The summed E-state index contributed by atoms with van der Waals surface area (Å²) in [6.45, 7) is 2.86. The maximum Gasteiger partial charge on any atom is 0.573 e. The first-order valence-corrected chi connectivity index (χ1v) is 5.70. The van der Waals surface area contributed by atoms with Crippen LogP contribution in [-0.2, 0) is 16.0 Å². The minimum atomic E-state index is -5.08. The second kappa shape index (κ2) is 6.37. The number of carbonyl (C=O) groups excluding carboxylic acids is 1. The molecule has 0 spiro atoms. The van der Waals surface area contributed by atoms with Crippen LogP contribution in [0.2, 0.25) is 0 Å². The van der Waals surface area contributed by atoms with Gasteiger partial charge in [0.15, 0.2) is 5.69 Å². The Balaban J connectivity index is 3.18. The number of hydrogen-bond donors (Lipinski definition) is 0. The van der Waals surface area contributed by atoms with Crippen molar-refractivity contribution >= 4 is 11.8 Å². The van der Waals surface area contributed by atoms with Gasteiger partial charge in [-0.25, -0.2) is 0 Å². The van der Waals surface area contributed by atoms with Gasteiger partial charge in [-0.05, 0) is 29.8 Å². The molecular weight excluding hydrogens is 297 g/mol. The van der Waals surface area contributed by atoms with Gasteiger partial charge in [0.05, 0.1) is 6.61 Å². The molecule has 0 aromatic carbocycles. The fourth-order valence-electron chi connectivity index (χ4n) is 1.53. The number of alkyl halides is 3. The molecule has 1 heterocycles. The van der Waals surface area contributed by atoms with E-state index < -0.39 is 28.8 Å². The molecule has 21 heavy (non-hydrogen) atoms. The van der Waals surface area contributed by atoms with Crippen LogP contribution in [0.1, 0.15) is 18.2 Å². The molecule has 0 amide bonds. The predicted octanol–water partition coefficient (Wildman–Crippen LogP) is 2.30. The van der Waals surface area contributed by atoms with Crippen LogP contribution in [0.3, 0.4) is 0 Å². The zero-order valence-corrected chi connectivity index (χ0v) is 11.1. The van der Waals surface area contributed by atoms with Crippen LogP contribution in [0.4, 0.5) is 19.0 Å². The van der Waals surface area contributed by atoms with Crippen LogP contribution < -0.4 is 4.74 Å². The molecule has 0 aliphatic heterocycles. The number of halogens is 3. The molecule has 0 N–H and O–H groups in total. The summed E-state index contributed by atoms with van der Waals surface area (Å²) in [4.78, 5) is 24.4. The third-order valence-electron chi connectivity index (χ3n) is 2.22. The zero-order valence-electron chi connectivity index (χ0n) is 11.1. The lowest BCUT2D eigenvalue weighted by atomic mass is 10.2. The van der Waals surface area contributed by atoms with Gasteiger partial charge in [-0.3, -0.25) is 4.79 Å². The Labute approximate surface area is 116 Å². The summed E-state index contributed by atoms with van der Waals surface area (Å²) in [5.41, 5.74) is -0.236. The highest BCUT2D eigenvalue weighted by Crippen LogP contribution is 2.34. The van der Waals surface area contributed by atoms with Crippen molar-refractivity contribution in [1.29, 1.82) is 0 Å². The molecule has 116 valence electrons. The van der Waals surface area contributed by atoms with Gasteiger partial charge in [0, 0.05) is 5.56 Å². The summed E-state index contributed by atoms with van der Waals surface area (Å²) in [6, 6.07) is 1.10. The number of pyridine rings is 1. The molecule has 1 aromatic heterocycles. The van der Waals surface area contributed by atoms with Crippen molar-refractivity contribution < 1.29 is 32.4 Å². The van der Waals surface area contributed by atoms with Gasteiger partial charge in [-0.1, -0.05) is 0 Å². The average molecular weight is 308 g/mol. The highest BCUT2D eigenvalue weighted by molar-refractivity contribution is 5.72. The van der Waals surface area contributed by atoms with Gasteiger partial charge in [0.1, 0.15) is 6.42 Å². The Morgan fingerprint density at radius 1 is 1.48 bits per heavy atom. The summed E-state index contributed by atoms with van der Waals surface area (Å²) in [6.07, 6.45) is -5.47. The van der Waals surface area contributed by atoms with Crippen LogP contribution >= 0.6 is 0 Å². The smallest absolute Gasteiger partial charge is 0.466 e. The standard InChI is InChI=1S/C11H11F3N2O5/c1-3-20-8(17)5-7-4-6(2)9(21-11(12,13)14)10(15-7)16(18)19/h4H,3,5H2,1-2H3. The van der Waals surface area contributed by atoms with Crippen LogP contribution in [0.25, 0.3) is 0 Å². The molecule has 7 nitrogen and oxygen atoms in total. The van der Waals surface area contributed by atoms with Crippen molar-refractivity contribution in [2.45, 2.75) is 26.6 Å². The Hall–Kier alpha value is -2.39. The van der Waals surface area contributed by atoms with Gasteiger partial charge in [-0.15, -0.1) is 13.2 Å². The number of carbonyl (C=O) groups is 1. The molecule has 0 aliphatic rings. The third-order valence-corrected chi connectivity index (χ3v) is 2.22. The molecule has 0 bridgehead atoms. The largest absolute Gasteiger partial charge is 0.573 e. The summed E-state index contributed by atoms with van der Waals surface area (Å²) in [5, 5.41) is 10.8. The molecule has 0 fully saturated rings. The van der Waals surface area contributed by atoms with Gasteiger partial charge in [0.25, 0.3) is 0 Å². The molecule has 0 atom stereocenters.